The van der Waals surface area contributed by atoms with Crippen LogP contribution in [0.2, 0.25) is 5.02 Å². The van der Waals surface area contributed by atoms with Crippen LogP contribution < -0.4 is 0 Å². The number of halogens is 2. The third-order valence-corrected chi connectivity index (χ3v) is 2.75. The summed E-state index contributed by atoms with van der Waals surface area (Å²) in [6, 6.07) is 4.88. The lowest BCUT2D eigenvalue weighted by Crippen LogP contribution is -2.03. The van der Waals surface area contributed by atoms with E-state index in [2.05, 4.69) is 20.7 Å². The first-order valence-electron chi connectivity index (χ1n) is 3.58. The second-order valence-corrected chi connectivity index (χ2v) is 3.59. The predicted molar refractivity (Wildman–Crippen MR) is 55.2 cm³/mol. The Bertz CT molecular complexity index is 426. The molecule has 0 amide bonds. The number of carbonyl (C=O) groups excluding carboxylic acids is 1. The Morgan fingerprint density at radius 3 is 2.79 bits per heavy atom. The maximum Gasteiger partial charge on any atom is 0.339 e. The van der Waals surface area contributed by atoms with Crippen molar-refractivity contribution in [3.8, 4) is 6.07 Å². The number of methoxy groups -OCH3 is 1. The number of nitriles is 1. The van der Waals surface area contributed by atoms with Gasteiger partial charge in [-0.25, -0.2) is 4.79 Å². The minimum atomic E-state index is -0.509. The zero-order valence-corrected chi connectivity index (χ0v) is 9.52. The molecule has 0 fully saturated rings. The van der Waals surface area contributed by atoms with Gasteiger partial charge in [0.05, 0.1) is 27.7 Å². The van der Waals surface area contributed by atoms with Crippen LogP contribution in [0.5, 0.6) is 0 Å². The van der Waals surface area contributed by atoms with Crippen LogP contribution in [0.25, 0.3) is 0 Å². The zero-order chi connectivity index (χ0) is 10.7. The normalized spacial score (nSPS) is 9.29. The smallest absolute Gasteiger partial charge is 0.339 e. The van der Waals surface area contributed by atoms with Crippen molar-refractivity contribution in [1.82, 2.24) is 0 Å². The molecule has 0 aromatic heterocycles. The minimum absolute atomic E-state index is 0.231. The molecule has 5 heteroatoms. The monoisotopic (exact) mass is 273 g/mol. The Hall–Kier alpha value is -1.05. The van der Waals surface area contributed by atoms with Gasteiger partial charge in [0.15, 0.2) is 0 Å². The molecule has 14 heavy (non-hydrogen) atoms. The van der Waals surface area contributed by atoms with E-state index in [4.69, 9.17) is 16.9 Å². The highest BCUT2D eigenvalue weighted by molar-refractivity contribution is 9.10. The molecule has 0 spiro atoms. The Morgan fingerprint density at radius 1 is 1.64 bits per heavy atom. The summed E-state index contributed by atoms with van der Waals surface area (Å²) in [7, 11) is 1.27. The Labute approximate surface area is 94.4 Å². The standard InChI is InChI=1S/C9H5BrClNO2/c1-14-9(13)5-2-3-7(11)6(4-12)8(5)10/h2-3H,1H3. The molecule has 0 aliphatic heterocycles. The zero-order valence-electron chi connectivity index (χ0n) is 7.17. The van der Waals surface area contributed by atoms with E-state index in [1.807, 2.05) is 6.07 Å². The fourth-order valence-corrected chi connectivity index (χ4v) is 1.83. The van der Waals surface area contributed by atoms with E-state index in [0.29, 0.717) is 9.50 Å². The highest BCUT2D eigenvalue weighted by atomic mass is 79.9. The number of benzene rings is 1. The first-order chi connectivity index (χ1) is 6.61. The molecule has 0 atom stereocenters. The average Bonchev–Trinajstić information content (AvgIpc) is 2.18. The van der Waals surface area contributed by atoms with Gasteiger partial charge < -0.3 is 4.74 Å². The number of hydrogen-bond donors (Lipinski definition) is 0. The van der Waals surface area contributed by atoms with Crippen molar-refractivity contribution in [2.45, 2.75) is 0 Å². The van der Waals surface area contributed by atoms with Gasteiger partial charge in [0.25, 0.3) is 0 Å². The Balaban J connectivity index is 3.37. The molecule has 0 unspecified atom stereocenters. The molecule has 72 valence electrons. The maximum absolute atomic E-state index is 11.2. The number of esters is 1. The van der Waals surface area contributed by atoms with Crippen LogP contribution >= 0.6 is 27.5 Å². The van der Waals surface area contributed by atoms with E-state index in [9.17, 15) is 4.79 Å². The van der Waals surface area contributed by atoms with Gasteiger partial charge in [0.2, 0.25) is 0 Å². The Morgan fingerprint density at radius 2 is 2.29 bits per heavy atom. The first-order valence-corrected chi connectivity index (χ1v) is 4.75. The average molecular weight is 275 g/mol. The summed E-state index contributed by atoms with van der Waals surface area (Å²) in [6.45, 7) is 0. The predicted octanol–water partition coefficient (Wildman–Crippen LogP) is 2.76. The summed E-state index contributed by atoms with van der Waals surface area (Å²) >= 11 is 8.87. The van der Waals surface area contributed by atoms with Gasteiger partial charge in [0.1, 0.15) is 6.07 Å². The van der Waals surface area contributed by atoms with Gasteiger partial charge in [-0.3, -0.25) is 0 Å². The lowest BCUT2D eigenvalue weighted by atomic mass is 10.1. The molecule has 0 radical (unpaired) electrons. The number of ether oxygens (including phenoxy) is 1. The van der Waals surface area contributed by atoms with E-state index >= 15 is 0 Å². The highest BCUT2D eigenvalue weighted by Crippen LogP contribution is 2.28. The minimum Gasteiger partial charge on any atom is -0.465 e. The topological polar surface area (TPSA) is 50.1 Å². The Kier molecular flexibility index (Phi) is 3.50. The molecule has 3 nitrogen and oxygen atoms in total. The summed E-state index contributed by atoms with van der Waals surface area (Å²) in [5.41, 5.74) is 0.517. The molecule has 1 aromatic rings. The quantitative estimate of drug-likeness (QED) is 0.740. The second-order valence-electron chi connectivity index (χ2n) is 2.39. The van der Waals surface area contributed by atoms with E-state index in [1.165, 1.54) is 19.2 Å². The third-order valence-electron chi connectivity index (χ3n) is 1.61. The molecule has 0 saturated carbocycles. The molecule has 0 aliphatic rings. The van der Waals surface area contributed by atoms with Crippen molar-refractivity contribution in [3.63, 3.8) is 0 Å². The molecule has 0 heterocycles. The fourth-order valence-electron chi connectivity index (χ4n) is 0.923. The summed E-state index contributed by atoms with van der Waals surface area (Å²) in [4.78, 5) is 11.2. The highest BCUT2D eigenvalue weighted by Gasteiger charge is 2.15. The van der Waals surface area contributed by atoms with Gasteiger partial charge in [-0.2, -0.15) is 5.26 Å². The largest absolute Gasteiger partial charge is 0.465 e. The van der Waals surface area contributed by atoms with Crippen LogP contribution in [0.1, 0.15) is 15.9 Å². The summed E-state index contributed by atoms with van der Waals surface area (Å²) < 4.78 is 4.90. The molecular weight excluding hydrogens is 269 g/mol. The lowest BCUT2D eigenvalue weighted by Gasteiger charge is -2.04. The second kappa shape index (κ2) is 4.45. The number of hydrogen-bond acceptors (Lipinski definition) is 3. The van der Waals surface area contributed by atoms with E-state index in [1.54, 1.807) is 0 Å². The number of rotatable bonds is 1. The van der Waals surface area contributed by atoms with Crippen molar-refractivity contribution >= 4 is 33.5 Å². The summed E-state index contributed by atoms with van der Waals surface area (Å²) in [5.74, 6) is -0.509. The fraction of sp³-hybridized carbons (Fsp3) is 0.111. The maximum atomic E-state index is 11.2. The molecule has 1 rings (SSSR count). The van der Waals surface area contributed by atoms with Crippen LogP contribution in [0.3, 0.4) is 0 Å². The molecule has 0 bridgehead atoms. The van der Waals surface area contributed by atoms with Crippen molar-refractivity contribution in [2.24, 2.45) is 0 Å². The SMILES string of the molecule is COC(=O)c1ccc(Cl)c(C#N)c1Br. The van der Waals surface area contributed by atoms with E-state index < -0.39 is 5.97 Å². The van der Waals surface area contributed by atoms with Gasteiger partial charge in [-0.15, -0.1) is 0 Å². The van der Waals surface area contributed by atoms with Crippen LogP contribution in [-0.2, 0) is 4.74 Å². The van der Waals surface area contributed by atoms with Crippen LogP contribution in [0.4, 0.5) is 0 Å². The molecule has 1 aromatic carbocycles. The molecular formula is C9H5BrClNO2. The third kappa shape index (κ3) is 1.89. The van der Waals surface area contributed by atoms with Gasteiger partial charge in [-0.05, 0) is 28.1 Å². The van der Waals surface area contributed by atoms with Crippen LogP contribution in [0, 0.1) is 11.3 Å². The molecule has 0 aliphatic carbocycles. The number of nitrogens with zero attached hydrogens (tertiary/aromatic N) is 1. The van der Waals surface area contributed by atoms with E-state index in [0.717, 1.165) is 0 Å². The van der Waals surface area contributed by atoms with Crippen molar-refractivity contribution in [3.05, 3.63) is 32.8 Å². The van der Waals surface area contributed by atoms with E-state index in [-0.39, 0.29) is 11.1 Å². The van der Waals surface area contributed by atoms with Gasteiger partial charge >= 0.3 is 5.97 Å². The molecule has 0 saturated heterocycles. The van der Waals surface area contributed by atoms with Crippen molar-refractivity contribution in [2.75, 3.05) is 7.11 Å². The van der Waals surface area contributed by atoms with Gasteiger partial charge in [0, 0.05) is 0 Å². The lowest BCUT2D eigenvalue weighted by molar-refractivity contribution is 0.0599. The summed E-state index contributed by atoms with van der Waals surface area (Å²) in [5, 5.41) is 9.06. The summed E-state index contributed by atoms with van der Waals surface area (Å²) in [6.07, 6.45) is 0. The first kappa shape index (κ1) is 11.0. The van der Waals surface area contributed by atoms with Gasteiger partial charge in [-0.1, -0.05) is 11.6 Å². The molecule has 0 N–H and O–H groups in total. The van der Waals surface area contributed by atoms with Crippen molar-refractivity contribution in [1.29, 1.82) is 5.26 Å². The van der Waals surface area contributed by atoms with Crippen molar-refractivity contribution < 1.29 is 9.53 Å². The van der Waals surface area contributed by atoms with Crippen LogP contribution in [-0.4, -0.2) is 13.1 Å². The van der Waals surface area contributed by atoms with Crippen LogP contribution in [0.15, 0.2) is 16.6 Å². The number of carbonyl (C=O) groups is 1.